The maximum atomic E-state index is 11.7. The number of ketones is 1. The zero-order valence-corrected chi connectivity index (χ0v) is 8.56. The van der Waals surface area contributed by atoms with Crippen molar-refractivity contribution in [2.24, 2.45) is 0 Å². The van der Waals surface area contributed by atoms with Crippen molar-refractivity contribution in [2.75, 3.05) is 19.7 Å². The van der Waals surface area contributed by atoms with E-state index in [4.69, 9.17) is 9.52 Å². The number of Topliss-reactive ketones (excluding diaryl/α,β-unsaturated/α-hetero) is 1. The third kappa shape index (κ3) is 2.27. The molecule has 0 spiro atoms. The first-order valence-electron chi connectivity index (χ1n) is 5.23. The van der Waals surface area contributed by atoms with Crippen LogP contribution in [0.4, 0.5) is 0 Å². The van der Waals surface area contributed by atoms with E-state index in [1.165, 1.54) is 6.26 Å². The summed E-state index contributed by atoms with van der Waals surface area (Å²) < 4.78 is 5.04. The minimum atomic E-state index is -0.0136. The second-order valence-electron chi connectivity index (χ2n) is 3.85. The van der Waals surface area contributed by atoms with Crippen molar-refractivity contribution < 1.29 is 14.3 Å². The van der Waals surface area contributed by atoms with E-state index in [0.29, 0.717) is 12.3 Å². The first-order valence-corrected chi connectivity index (χ1v) is 5.23. The van der Waals surface area contributed by atoms with Crippen LogP contribution in [0.2, 0.25) is 0 Å². The van der Waals surface area contributed by atoms with Gasteiger partial charge in [0.25, 0.3) is 0 Å². The van der Waals surface area contributed by atoms with Crippen LogP contribution >= 0.6 is 0 Å². The second-order valence-corrected chi connectivity index (χ2v) is 3.85. The molecule has 4 heteroatoms. The van der Waals surface area contributed by atoms with Gasteiger partial charge in [-0.25, -0.2) is 0 Å². The summed E-state index contributed by atoms with van der Waals surface area (Å²) in [5.74, 6) is 0.388. The molecule has 0 unspecified atom stereocenters. The number of hydrogen-bond acceptors (Lipinski definition) is 4. The minimum absolute atomic E-state index is 0.0136. The van der Waals surface area contributed by atoms with Gasteiger partial charge in [0.15, 0.2) is 5.76 Å². The molecular weight excluding hydrogens is 194 g/mol. The number of carbonyl (C=O) groups excluding carboxylic acids is 1. The number of carbonyl (C=O) groups is 1. The summed E-state index contributed by atoms with van der Waals surface area (Å²) in [5.41, 5.74) is 0. The van der Waals surface area contributed by atoms with Gasteiger partial charge >= 0.3 is 0 Å². The average molecular weight is 209 g/mol. The number of hydrogen-bond donors (Lipinski definition) is 1. The van der Waals surface area contributed by atoms with E-state index in [1.807, 2.05) is 4.90 Å². The molecular formula is C11H15NO3. The second kappa shape index (κ2) is 4.59. The highest BCUT2D eigenvalue weighted by Crippen LogP contribution is 2.17. The Bertz CT molecular complexity index is 321. The Hall–Kier alpha value is -1.13. The third-order valence-electron chi connectivity index (χ3n) is 2.85. The zero-order chi connectivity index (χ0) is 10.7. The maximum absolute atomic E-state index is 11.7. The highest BCUT2D eigenvalue weighted by atomic mass is 16.3. The molecule has 1 aromatic heterocycles. The van der Waals surface area contributed by atoms with Gasteiger partial charge in [-0.1, -0.05) is 0 Å². The monoisotopic (exact) mass is 209 g/mol. The predicted octanol–water partition coefficient (Wildman–Crippen LogP) is 0.919. The number of aliphatic hydroxyl groups excluding tert-OH is 1. The molecule has 15 heavy (non-hydrogen) atoms. The summed E-state index contributed by atoms with van der Waals surface area (Å²) >= 11 is 0. The molecule has 0 aliphatic carbocycles. The van der Waals surface area contributed by atoms with Gasteiger partial charge in [0.05, 0.1) is 19.4 Å². The Balaban J connectivity index is 1.94. The van der Waals surface area contributed by atoms with Crippen LogP contribution < -0.4 is 0 Å². The van der Waals surface area contributed by atoms with Crippen LogP contribution in [0.25, 0.3) is 0 Å². The summed E-state index contributed by atoms with van der Waals surface area (Å²) in [4.78, 5) is 13.7. The van der Waals surface area contributed by atoms with E-state index < -0.39 is 0 Å². The lowest BCUT2D eigenvalue weighted by atomic mass is 10.2. The molecule has 0 radical (unpaired) electrons. The van der Waals surface area contributed by atoms with Crippen LogP contribution in [0.5, 0.6) is 0 Å². The Morgan fingerprint density at radius 2 is 2.53 bits per heavy atom. The topological polar surface area (TPSA) is 53.7 Å². The lowest BCUT2D eigenvalue weighted by Crippen LogP contribution is -2.36. The minimum Gasteiger partial charge on any atom is -0.461 e. The van der Waals surface area contributed by atoms with Crippen molar-refractivity contribution in [1.82, 2.24) is 4.90 Å². The van der Waals surface area contributed by atoms with Crippen LogP contribution in [-0.2, 0) is 0 Å². The molecule has 1 aliphatic rings. The fraction of sp³-hybridized carbons (Fsp3) is 0.545. The van der Waals surface area contributed by atoms with Gasteiger partial charge in [-0.3, -0.25) is 9.69 Å². The molecule has 1 fully saturated rings. The molecule has 1 aromatic rings. The van der Waals surface area contributed by atoms with Gasteiger partial charge in [0, 0.05) is 6.04 Å². The van der Waals surface area contributed by atoms with Gasteiger partial charge in [-0.15, -0.1) is 0 Å². The van der Waals surface area contributed by atoms with Crippen LogP contribution in [-0.4, -0.2) is 41.5 Å². The third-order valence-corrected chi connectivity index (χ3v) is 2.85. The van der Waals surface area contributed by atoms with Crippen molar-refractivity contribution >= 4 is 5.78 Å². The van der Waals surface area contributed by atoms with Gasteiger partial charge < -0.3 is 9.52 Å². The summed E-state index contributed by atoms with van der Waals surface area (Å²) in [5, 5.41) is 9.10. The Kier molecular flexibility index (Phi) is 3.18. The Morgan fingerprint density at radius 3 is 3.20 bits per heavy atom. The summed E-state index contributed by atoms with van der Waals surface area (Å²) in [6.07, 6.45) is 3.53. The van der Waals surface area contributed by atoms with E-state index in [0.717, 1.165) is 19.4 Å². The van der Waals surface area contributed by atoms with Crippen LogP contribution in [0.3, 0.4) is 0 Å². The van der Waals surface area contributed by atoms with E-state index in [2.05, 4.69) is 0 Å². The molecule has 0 aromatic carbocycles. The van der Waals surface area contributed by atoms with E-state index in [-0.39, 0.29) is 18.4 Å². The van der Waals surface area contributed by atoms with Gasteiger partial charge in [-0.05, 0) is 31.5 Å². The van der Waals surface area contributed by atoms with Gasteiger partial charge in [0.2, 0.25) is 5.78 Å². The fourth-order valence-electron chi connectivity index (χ4n) is 2.01. The quantitative estimate of drug-likeness (QED) is 0.749. The van der Waals surface area contributed by atoms with Gasteiger partial charge in [0.1, 0.15) is 0 Å². The molecule has 82 valence electrons. The predicted molar refractivity (Wildman–Crippen MR) is 54.7 cm³/mol. The summed E-state index contributed by atoms with van der Waals surface area (Å²) in [7, 11) is 0. The molecule has 1 N–H and O–H groups in total. The van der Waals surface area contributed by atoms with E-state index in [9.17, 15) is 4.79 Å². The number of rotatable bonds is 4. The number of likely N-dealkylation sites (tertiary alicyclic amines) is 1. The van der Waals surface area contributed by atoms with Crippen LogP contribution in [0, 0.1) is 0 Å². The largest absolute Gasteiger partial charge is 0.461 e. The molecule has 0 saturated carbocycles. The molecule has 4 nitrogen and oxygen atoms in total. The van der Waals surface area contributed by atoms with Crippen molar-refractivity contribution in [2.45, 2.75) is 18.9 Å². The molecule has 2 rings (SSSR count). The molecule has 1 saturated heterocycles. The molecule has 0 amide bonds. The van der Waals surface area contributed by atoms with Crippen molar-refractivity contribution in [3.8, 4) is 0 Å². The normalized spacial score (nSPS) is 22.1. The first kappa shape index (κ1) is 10.4. The van der Waals surface area contributed by atoms with Crippen LogP contribution in [0.15, 0.2) is 22.8 Å². The smallest absolute Gasteiger partial charge is 0.211 e. The van der Waals surface area contributed by atoms with Crippen LogP contribution in [0.1, 0.15) is 23.4 Å². The lowest BCUT2D eigenvalue weighted by molar-refractivity contribution is 0.0861. The van der Waals surface area contributed by atoms with E-state index in [1.54, 1.807) is 12.1 Å². The highest BCUT2D eigenvalue weighted by molar-refractivity contribution is 5.95. The van der Waals surface area contributed by atoms with Crippen molar-refractivity contribution in [1.29, 1.82) is 0 Å². The number of aliphatic hydroxyl groups is 1. The van der Waals surface area contributed by atoms with Gasteiger partial charge in [-0.2, -0.15) is 0 Å². The fourth-order valence-corrected chi connectivity index (χ4v) is 2.01. The number of nitrogens with zero attached hydrogens (tertiary/aromatic N) is 1. The zero-order valence-electron chi connectivity index (χ0n) is 8.56. The first-order chi connectivity index (χ1) is 7.31. The Morgan fingerprint density at radius 1 is 1.67 bits per heavy atom. The molecule has 1 atom stereocenters. The summed E-state index contributed by atoms with van der Waals surface area (Å²) in [6, 6.07) is 3.52. The molecule has 0 bridgehead atoms. The maximum Gasteiger partial charge on any atom is 0.211 e. The average Bonchev–Trinajstić information content (AvgIpc) is 2.87. The van der Waals surface area contributed by atoms with E-state index >= 15 is 0 Å². The molecule has 2 heterocycles. The molecule has 1 aliphatic heterocycles. The lowest BCUT2D eigenvalue weighted by Gasteiger charge is -2.20. The SMILES string of the molecule is O=C(CN1CCC[C@@H]1CO)c1ccco1. The summed E-state index contributed by atoms with van der Waals surface area (Å²) in [6.45, 7) is 1.36. The number of furan rings is 1. The van der Waals surface area contributed by atoms with Crippen molar-refractivity contribution in [3.05, 3.63) is 24.2 Å². The standard InChI is InChI=1S/C11H15NO3/c13-8-9-3-1-5-12(9)7-10(14)11-4-2-6-15-11/h2,4,6,9,13H,1,3,5,7-8H2/t9-/m1/s1. The van der Waals surface area contributed by atoms with Crippen molar-refractivity contribution in [3.63, 3.8) is 0 Å². The highest BCUT2D eigenvalue weighted by Gasteiger charge is 2.26. The Labute approximate surface area is 88.5 Å².